The largest absolute Gasteiger partial charge is 0.444 e. The molecule has 0 aliphatic rings. The molecule has 0 radical (unpaired) electrons. The van der Waals surface area contributed by atoms with Gasteiger partial charge in [0.05, 0.1) is 11.6 Å². The first-order valence-corrected chi connectivity index (χ1v) is 7.51. The van der Waals surface area contributed by atoms with Gasteiger partial charge in [-0.3, -0.25) is 0 Å². The van der Waals surface area contributed by atoms with E-state index in [0.29, 0.717) is 18.7 Å². The molecular weight excluding hydrogens is 334 g/mol. The highest BCUT2D eigenvalue weighted by Gasteiger charge is 2.15. The Morgan fingerprint density at radius 3 is 2.67 bits per heavy atom. The second kappa shape index (κ2) is 7.89. The van der Waals surface area contributed by atoms with Crippen LogP contribution in [0.15, 0.2) is 22.7 Å². The van der Waals surface area contributed by atoms with Crippen molar-refractivity contribution in [3.63, 3.8) is 0 Å². The third-order valence-electron chi connectivity index (χ3n) is 2.44. The molecule has 0 saturated heterocycles. The molecule has 0 unspecified atom stereocenters. The molecule has 6 heteroatoms. The summed E-state index contributed by atoms with van der Waals surface area (Å²) in [6.45, 7) is 6.74. The van der Waals surface area contributed by atoms with E-state index in [0.717, 1.165) is 16.6 Å². The first-order valence-electron chi connectivity index (χ1n) is 6.72. The molecular formula is C15H20BrN3O2. The summed E-state index contributed by atoms with van der Waals surface area (Å²) in [5, 5.41) is 14.7. The Morgan fingerprint density at radius 2 is 2.10 bits per heavy atom. The maximum atomic E-state index is 11.4. The van der Waals surface area contributed by atoms with E-state index < -0.39 is 11.7 Å². The molecule has 5 nitrogen and oxygen atoms in total. The summed E-state index contributed by atoms with van der Waals surface area (Å²) in [4.78, 5) is 11.4. The van der Waals surface area contributed by atoms with Crippen LogP contribution in [0.1, 0.15) is 32.8 Å². The summed E-state index contributed by atoms with van der Waals surface area (Å²) in [6, 6.07) is 7.46. The Hall–Kier alpha value is -1.74. The van der Waals surface area contributed by atoms with Gasteiger partial charge in [-0.15, -0.1) is 0 Å². The molecule has 114 valence electrons. The number of nitrogens with zero attached hydrogens (tertiary/aromatic N) is 1. The van der Waals surface area contributed by atoms with Gasteiger partial charge in [0.25, 0.3) is 0 Å². The summed E-state index contributed by atoms with van der Waals surface area (Å²) in [7, 11) is 0. The van der Waals surface area contributed by atoms with Crippen molar-refractivity contribution in [1.82, 2.24) is 5.32 Å². The molecule has 0 atom stereocenters. The number of carbonyl (C=O) groups excluding carboxylic acids is 1. The lowest BCUT2D eigenvalue weighted by atomic mass is 10.2. The molecule has 1 rings (SSSR count). The normalized spacial score (nSPS) is 10.6. The van der Waals surface area contributed by atoms with Gasteiger partial charge in [0.1, 0.15) is 5.60 Å². The standard InChI is InChI=1S/C15H20BrN3O2/c1-15(2,3)21-14(20)19-8-4-7-18-13-6-5-11(10-17)9-12(13)16/h5-6,9,18H,4,7-8H2,1-3H3,(H,19,20). The third kappa shape index (κ3) is 7.00. The monoisotopic (exact) mass is 353 g/mol. The van der Waals surface area contributed by atoms with Crippen LogP contribution in [0.2, 0.25) is 0 Å². The minimum Gasteiger partial charge on any atom is -0.444 e. The van der Waals surface area contributed by atoms with Gasteiger partial charge >= 0.3 is 6.09 Å². The average Bonchev–Trinajstić information content (AvgIpc) is 2.37. The SMILES string of the molecule is CC(C)(C)OC(=O)NCCCNc1ccc(C#N)cc1Br. The predicted molar refractivity (Wildman–Crippen MR) is 86.2 cm³/mol. The van der Waals surface area contributed by atoms with Crippen LogP contribution in [0.5, 0.6) is 0 Å². The van der Waals surface area contributed by atoms with E-state index in [-0.39, 0.29) is 0 Å². The van der Waals surface area contributed by atoms with Gasteiger partial charge in [0, 0.05) is 23.2 Å². The maximum absolute atomic E-state index is 11.4. The van der Waals surface area contributed by atoms with Gasteiger partial charge in [-0.2, -0.15) is 5.26 Å². The third-order valence-corrected chi connectivity index (χ3v) is 3.09. The Balaban J connectivity index is 2.26. The van der Waals surface area contributed by atoms with E-state index >= 15 is 0 Å². The fourth-order valence-electron chi connectivity index (χ4n) is 1.54. The summed E-state index contributed by atoms with van der Waals surface area (Å²) < 4.78 is 5.99. The van der Waals surface area contributed by atoms with Gasteiger partial charge in [-0.1, -0.05) is 0 Å². The highest BCUT2D eigenvalue weighted by Crippen LogP contribution is 2.23. The fraction of sp³-hybridized carbons (Fsp3) is 0.467. The molecule has 0 aliphatic heterocycles. The number of anilines is 1. The molecule has 0 saturated carbocycles. The highest BCUT2D eigenvalue weighted by molar-refractivity contribution is 9.10. The quantitative estimate of drug-likeness (QED) is 0.792. The van der Waals surface area contributed by atoms with Crippen LogP contribution < -0.4 is 10.6 Å². The summed E-state index contributed by atoms with van der Waals surface area (Å²) >= 11 is 3.41. The van der Waals surface area contributed by atoms with E-state index in [4.69, 9.17) is 10.00 Å². The van der Waals surface area contributed by atoms with Crippen molar-refractivity contribution in [2.45, 2.75) is 32.8 Å². The Kier molecular flexibility index (Phi) is 6.50. The number of benzene rings is 1. The molecule has 21 heavy (non-hydrogen) atoms. The number of rotatable bonds is 5. The summed E-state index contributed by atoms with van der Waals surface area (Å²) in [5.41, 5.74) is 1.06. The molecule has 0 heterocycles. The minimum atomic E-state index is -0.477. The van der Waals surface area contributed by atoms with E-state index in [1.807, 2.05) is 26.8 Å². The van der Waals surface area contributed by atoms with Crippen molar-refractivity contribution in [3.05, 3.63) is 28.2 Å². The zero-order valence-corrected chi connectivity index (χ0v) is 14.1. The lowest BCUT2D eigenvalue weighted by molar-refractivity contribution is 0.0528. The fourth-order valence-corrected chi connectivity index (χ4v) is 2.06. The van der Waals surface area contributed by atoms with Gasteiger partial charge in [0.15, 0.2) is 0 Å². The smallest absolute Gasteiger partial charge is 0.407 e. The van der Waals surface area contributed by atoms with Crippen molar-refractivity contribution in [2.24, 2.45) is 0 Å². The van der Waals surface area contributed by atoms with Gasteiger partial charge in [-0.05, 0) is 61.3 Å². The Labute approximate surface area is 133 Å². The number of hydrogen-bond acceptors (Lipinski definition) is 4. The molecule has 1 aromatic rings. The van der Waals surface area contributed by atoms with Crippen LogP contribution in [0, 0.1) is 11.3 Å². The molecule has 0 aromatic heterocycles. The molecule has 2 N–H and O–H groups in total. The number of amides is 1. The van der Waals surface area contributed by atoms with Crippen molar-refractivity contribution < 1.29 is 9.53 Å². The van der Waals surface area contributed by atoms with Gasteiger partial charge in [-0.25, -0.2) is 4.79 Å². The van der Waals surface area contributed by atoms with E-state index in [1.165, 1.54) is 0 Å². The van der Waals surface area contributed by atoms with Crippen LogP contribution >= 0.6 is 15.9 Å². The topological polar surface area (TPSA) is 74.2 Å². The lowest BCUT2D eigenvalue weighted by Crippen LogP contribution is -2.33. The van der Waals surface area contributed by atoms with E-state index in [1.54, 1.807) is 12.1 Å². The molecule has 1 amide bonds. The highest BCUT2D eigenvalue weighted by atomic mass is 79.9. The van der Waals surface area contributed by atoms with Crippen molar-refractivity contribution in [2.75, 3.05) is 18.4 Å². The van der Waals surface area contributed by atoms with E-state index in [9.17, 15) is 4.79 Å². The minimum absolute atomic E-state index is 0.401. The molecule has 0 spiro atoms. The molecule has 0 fully saturated rings. The predicted octanol–water partition coefficient (Wildman–Crippen LogP) is 3.65. The second-order valence-electron chi connectivity index (χ2n) is 5.52. The molecule has 0 aliphatic carbocycles. The number of halogens is 1. The average molecular weight is 354 g/mol. The first kappa shape index (κ1) is 17.3. The summed E-state index contributed by atoms with van der Waals surface area (Å²) in [5.74, 6) is 0. The number of carbonyl (C=O) groups is 1. The van der Waals surface area contributed by atoms with Crippen molar-refractivity contribution in [3.8, 4) is 6.07 Å². The summed E-state index contributed by atoms with van der Waals surface area (Å²) in [6.07, 6.45) is 0.369. The molecule has 1 aromatic carbocycles. The van der Waals surface area contributed by atoms with Crippen LogP contribution in [0.25, 0.3) is 0 Å². The molecule has 0 bridgehead atoms. The van der Waals surface area contributed by atoms with Crippen LogP contribution in [-0.2, 0) is 4.74 Å². The number of alkyl carbamates (subject to hydrolysis) is 1. The maximum Gasteiger partial charge on any atom is 0.407 e. The van der Waals surface area contributed by atoms with Gasteiger partial charge < -0.3 is 15.4 Å². The first-order chi connectivity index (χ1) is 9.81. The van der Waals surface area contributed by atoms with Crippen molar-refractivity contribution >= 4 is 27.7 Å². The number of nitrogens with one attached hydrogen (secondary N) is 2. The number of nitriles is 1. The van der Waals surface area contributed by atoms with Crippen LogP contribution in [0.3, 0.4) is 0 Å². The van der Waals surface area contributed by atoms with Crippen LogP contribution in [-0.4, -0.2) is 24.8 Å². The van der Waals surface area contributed by atoms with Crippen LogP contribution in [0.4, 0.5) is 10.5 Å². The van der Waals surface area contributed by atoms with Crippen molar-refractivity contribution in [1.29, 1.82) is 5.26 Å². The number of ether oxygens (including phenoxy) is 1. The zero-order chi connectivity index (χ0) is 15.9. The van der Waals surface area contributed by atoms with Gasteiger partial charge in [0.2, 0.25) is 0 Å². The van der Waals surface area contributed by atoms with E-state index in [2.05, 4.69) is 32.6 Å². The number of hydrogen-bond donors (Lipinski definition) is 2. The Morgan fingerprint density at radius 1 is 1.38 bits per heavy atom. The lowest BCUT2D eigenvalue weighted by Gasteiger charge is -2.19. The Bertz CT molecular complexity index is 533. The zero-order valence-electron chi connectivity index (χ0n) is 12.5. The second-order valence-corrected chi connectivity index (χ2v) is 6.37.